The highest BCUT2D eigenvalue weighted by Gasteiger charge is 2.08. The van der Waals surface area contributed by atoms with E-state index >= 15 is 0 Å². The van der Waals surface area contributed by atoms with E-state index in [9.17, 15) is 14.7 Å². The summed E-state index contributed by atoms with van der Waals surface area (Å²) >= 11 is 0. The average molecular weight is 291 g/mol. The zero-order chi connectivity index (χ0) is 15.7. The molecule has 21 heavy (non-hydrogen) atoms. The van der Waals surface area contributed by atoms with Crippen molar-refractivity contribution in [2.24, 2.45) is 5.10 Å². The van der Waals surface area contributed by atoms with Gasteiger partial charge in [0.1, 0.15) is 6.42 Å². The first-order valence-electron chi connectivity index (χ1n) is 6.14. The van der Waals surface area contributed by atoms with E-state index in [1.807, 2.05) is 0 Å². The van der Waals surface area contributed by atoms with Crippen LogP contribution in [0.5, 0.6) is 11.5 Å². The summed E-state index contributed by atoms with van der Waals surface area (Å²) in [6, 6.07) is 4.87. The standard InChI is InChI=1S/C14H17N3O4/c1-3-7-15-12(18)8-13(19)17-16-9-10-5-4-6-11(21-2)14(10)20/h3-6,9,20H,1,7-8H2,2H3,(H,15,18)(H,17,19). The van der Waals surface area contributed by atoms with Crippen LogP contribution in [0.15, 0.2) is 36.0 Å². The van der Waals surface area contributed by atoms with Crippen LogP contribution < -0.4 is 15.5 Å². The lowest BCUT2D eigenvalue weighted by molar-refractivity contribution is -0.129. The first kappa shape index (κ1) is 16.2. The van der Waals surface area contributed by atoms with Crippen molar-refractivity contribution in [1.29, 1.82) is 0 Å². The number of carbonyl (C=O) groups excluding carboxylic acids is 2. The van der Waals surface area contributed by atoms with Crippen LogP contribution in [0.3, 0.4) is 0 Å². The Labute approximate surface area is 122 Å². The normalized spacial score (nSPS) is 10.1. The lowest BCUT2D eigenvalue weighted by Gasteiger charge is -2.05. The van der Waals surface area contributed by atoms with E-state index in [2.05, 4.69) is 22.4 Å². The molecule has 112 valence electrons. The molecule has 1 aromatic carbocycles. The molecule has 3 N–H and O–H groups in total. The average Bonchev–Trinajstić information content (AvgIpc) is 2.47. The van der Waals surface area contributed by atoms with Crippen molar-refractivity contribution in [2.45, 2.75) is 6.42 Å². The minimum Gasteiger partial charge on any atom is -0.504 e. The van der Waals surface area contributed by atoms with Gasteiger partial charge in [0.25, 0.3) is 0 Å². The van der Waals surface area contributed by atoms with Gasteiger partial charge in [0, 0.05) is 12.1 Å². The molecule has 0 aliphatic carbocycles. The van der Waals surface area contributed by atoms with E-state index in [1.54, 1.807) is 18.2 Å². The van der Waals surface area contributed by atoms with Crippen molar-refractivity contribution < 1.29 is 19.4 Å². The van der Waals surface area contributed by atoms with Gasteiger partial charge < -0.3 is 15.2 Å². The fraction of sp³-hybridized carbons (Fsp3) is 0.214. The predicted octanol–water partition coefficient (Wildman–Crippen LogP) is 0.543. The van der Waals surface area contributed by atoms with Crippen LogP contribution in [0.2, 0.25) is 0 Å². The molecule has 0 aliphatic heterocycles. The smallest absolute Gasteiger partial charge is 0.249 e. The number of phenols is 1. The van der Waals surface area contributed by atoms with E-state index in [-0.39, 0.29) is 12.2 Å². The highest BCUT2D eigenvalue weighted by Crippen LogP contribution is 2.27. The van der Waals surface area contributed by atoms with Crippen molar-refractivity contribution >= 4 is 18.0 Å². The predicted molar refractivity (Wildman–Crippen MR) is 78.2 cm³/mol. The van der Waals surface area contributed by atoms with Crippen molar-refractivity contribution in [3.63, 3.8) is 0 Å². The third-order valence-electron chi connectivity index (χ3n) is 2.41. The van der Waals surface area contributed by atoms with E-state index in [0.29, 0.717) is 17.9 Å². The molecule has 7 nitrogen and oxygen atoms in total. The number of carbonyl (C=O) groups is 2. The minimum absolute atomic E-state index is 0.0817. The third kappa shape index (κ3) is 5.35. The van der Waals surface area contributed by atoms with Crippen molar-refractivity contribution in [1.82, 2.24) is 10.7 Å². The Morgan fingerprint density at radius 1 is 1.43 bits per heavy atom. The van der Waals surface area contributed by atoms with Gasteiger partial charge >= 0.3 is 0 Å². The molecule has 0 radical (unpaired) electrons. The summed E-state index contributed by atoms with van der Waals surface area (Å²) in [6.07, 6.45) is 2.44. The maximum atomic E-state index is 11.4. The molecular weight excluding hydrogens is 274 g/mol. The first-order valence-corrected chi connectivity index (χ1v) is 6.14. The summed E-state index contributed by atoms with van der Waals surface area (Å²) < 4.78 is 4.94. The number of nitrogens with zero attached hydrogens (tertiary/aromatic N) is 1. The number of methoxy groups -OCH3 is 1. The van der Waals surface area contributed by atoms with E-state index < -0.39 is 11.8 Å². The second kappa shape index (κ2) is 8.36. The summed E-state index contributed by atoms with van der Waals surface area (Å²) in [4.78, 5) is 22.7. The van der Waals surface area contributed by atoms with Gasteiger partial charge in [-0.1, -0.05) is 12.1 Å². The van der Waals surface area contributed by atoms with Gasteiger partial charge in [-0.05, 0) is 12.1 Å². The second-order valence-corrected chi connectivity index (χ2v) is 3.96. The molecule has 0 aromatic heterocycles. The number of hydrazone groups is 1. The van der Waals surface area contributed by atoms with Gasteiger partial charge in [0.05, 0.1) is 13.3 Å². The number of benzene rings is 1. The number of rotatable bonds is 7. The van der Waals surface area contributed by atoms with Gasteiger partial charge in [-0.15, -0.1) is 6.58 Å². The fourth-order valence-electron chi connectivity index (χ4n) is 1.42. The molecule has 0 spiro atoms. The van der Waals surface area contributed by atoms with Gasteiger partial charge in [-0.25, -0.2) is 5.43 Å². The van der Waals surface area contributed by atoms with E-state index in [4.69, 9.17) is 4.74 Å². The molecule has 0 saturated heterocycles. The van der Waals surface area contributed by atoms with Gasteiger partial charge in [-0.2, -0.15) is 5.10 Å². The highest BCUT2D eigenvalue weighted by molar-refractivity contribution is 5.97. The Bertz CT molecular complexity index is 555. The molecule has 0 heterocycles. The number of phenolic OH excluding ortho intramolecular Hbond substituents is 1. The van der Waals surface area contributed by atoms with Crippen molar-refractivity contribution in [2.75, 3.05) is 13.7 Å². The Kier molecular flexibility index (Phi) is 6.46. The number of hydrogen-bond donors (Lipinski definition) is 3. The first-order chi connectivity index (χ1) is 10.1. The Morgan fingerprint density at radius 2 is 2.19 bits per heavy atom. The molecule has 0 saturated carbocycles. The SMILES string of the molecule is C=CCNC(=O)CC(=O)NN=Cc1cccc(OC)c1O. The van der Waals surface area contributed by atoms with Crippen molar-refractivity contribution in [3.8, 4) is 11.5 Å². The van der Waals surface area contributed by atoms with E-state index in [1.165, 1.54) is 19.4 Å². The molecule has 0 fully saturated rings. The Hall–Kier alpha value is -2.83. The summed E-state index contributed by atoms with van der Waals surface area (Å²) in [6.45, 7) is 3.74. The van der Waals surface area contributed by atoms with Crippen LogP contribution in [0, 0.1) is 0 Å². The van der Waals surface area contributed by atoms with Crippen molar-refractivity contribution in [3.05, 3.63) is 36.4 Å². The summed E-state index contributed by atoms with van der Waals surface area (Å²) in [7, 11) is 1.43. The molecule has 7 heteroatoms. The van der Waals surface area contributed by atoms with Crippen LogP contribution in [-0.4, -0.2) is 36.8 Å². The third-order valence-corrected chi connectivity index (χ3v) is 2.41. The number of aromatic hydroxyl groups is 1. The number of para-hydroxylation sites is 1. The monoisotopic (exact) mass is 291 g/mol. The molecule has 0 aliphatic rings. The zero-order valence-electron chi connectivity index (χ0n) is 11.6. The summed E-state index contributed by atoms with van der Waals surface area (Å²) in [5.74, 6) is -0.766. The Balaban J connectivity index is 2.53. The van der Waals surface area contributed by atoms with Gasteiger partial charge in [0.15, 0.2) is 11.5 Å². The maximum Gasteiger partial charge on any atom is 0.249 e. The lowest BCUT2D eigenvalue weighted by Crippen LogP contribution is -2.29. The highest BCUT2D eigenvalue weighted by atomic mass is 16.5. The maximum absolute atomic E-state index is 11.4. The molecule has 1 rings (SSSR count). The number of hydrogen-bond acceptors (Lipinski definition) is 5. The molecule has 2 amide bonds. The van der Waals surface area contributed by atoms with Crippen LogP contribution in [0.4, 0.5) is 0 Å². The summed E-state index contributed by atoms with van der Waals surface area (Å²) in [5.41, 5.74) is 2.58. The van der Waals surface area contributed by atoms with Crippen LogP contribution in [-0.2, 0) is 9.59 Å². The number of amides is 2. The number of ether oxygens (including phenoxy) is 1. The Morgan fingerprint density at radius 3 is 2.86 bits per heavy atom. The lowest BCUT2D eigenvalue weighted by atomic mass is 10.2. The quantitative estimate of drug-likeness (QED) is 0.295. The topological polar surface area (TPSA) is 100 Å². The second-order valence-electron chi connectivity index (χ2n) is 3.96. The fourth-order valence-corrected chi connectivity index (χ4v) is 1.42. The number of nitrogens with one attached hydrogen (secondary N) is 2. The molecule has 0 atom stereocenters. The van der Waals surface area contributed by atoms with Crippen LogP contribution >= 0.6 is 0 Å². The molecular formula is C14H17N3O4. The molecule has 0 unspecified atom stereocenters. The summed E-state index contributed by atoms with van der Waals surface area (Å²) in [5, 5.41) is 15.9. The van der Waals surface area contributed by atoms with Gasteiger partial charge in [0.2, 0.25) is 11.8 Å². The van der Waals surface area contributed by atoms with E-state index in [0.717, 1.165) is 0 Å². The van der Waals surface area contributed by atoms with Gasteiger partial charge in [-0.3, -0.25) is 9.59 Å². The molecule has 0 bridgehead atoms. The molecule has 1 aromatic rings. The zero-order valence-corrected chi connectivity index (χ0v) is 11.6. The minimum atomic E-state index is -0.560. The van der Waals surface area contributed by atoms with Crippen LogP contribution in [0.1, 0.15) is 12.0 Å². The largest absolute Gasteiger partial charge is 0.504 e. The van der Waals surface area contributed by atoms with Crippen LogP contribution in [0.25, 0.3) is 0 Å².